The van der Waals surface area contributed by atoms with E-state index in [9.17, 15) is 9.59 Å². The van der Waals surface area contributed by atoms with Crippen LogP contribution in [-0.4, -0.2) is 18.2 Å². The molecule has 0 unspecified atom stereocenters. The first kappa shape index (κ1) is 12.4. The van der Waals surface area contributed by atoms with Crippen molar-refractivity contribution >= 4 is 11.7 Å². The van der Waals surface area contributed by atoms with Crippen LogP contribution >= 0.6 is 0 Å². The molecule has 2 rings (SSSR count). The molecule has 1 aliphatic carbocycles. The lowest BCUT2D eigenvalue weighted by Crippen LogP contribution is -2.19. The Labute approximate surface area is 107 Å². The topological polar surface area (TPSA) is 46.2 Å². The second-order valence-electron chi connectivity index (χ2n) is 4.36. The van der Waals surface area contributed by atoms with Crippen molar-refractivity contribution in [3.05, 3.63) is 34.9 Å². The normalized spacial score (nSPS) is 13.3. The minimum Gasteiger partial charge on any atom is -0.345 e. The second kappa shape index (κ2) is 5.50. The van der Waals surface area contributed by atoms with E-state index < -0.39 is 0 Å². The summed E-state index contributed by atoms with van der Waals surface area (Å²) in [7, 11) is 0. The highest BCUT2D eigenvalue weighted by molar-refractivity contribution is 5.98. The molecule has 1 aromatic rings. The number of hydrogen-bond donors (Lipinski definition) is 1. The number of amides is 1. The summed E-state index contributed by atoms with van der Waals surface area (Å²) >= 11 is 0. The third kappa shape index (κ3) is 2.98. The number of fused-ring (bicyclic) bond motifs is 1. The lowest BCUT2D eigenvalue weighted by atomic mass is 9.89. The summed E-state index contributed by atoms with van der Waals surface area (Å²) in [6.07, 6.45) is 2.55. The minimum atomic E-state index is -0.0927. The molecule has 0 bridgehead atoms. The highest BCUT2D eigenvalue weighted by Crippen LogP contribution is 2.21. The van der Waals surface area contributed by atoms with Crippen LogP contribution in [0.1, 0.15) is 41.3 Å². The van der Waals surface area contributed by atoms with Crippen molar-refractivity contribution in [2.75, 3.05) is 6.54 Å². The zero-order valence-corrected chi connectivity index (χ0v) is 10.4. The van der Waals surface area contributed by atoms with E-state index in [0.29, 0.717) is 13.0 Å². The number of aryl methyl sites for hydroxylation is 1. The molecule has 1 N–H and O–H groups in total. The maximum Gasteiger partial charge on any atom is 0.217 e. The van der Waals surface area contributed by atoms with Crippen LogP contribution in [0.2, 0.25) is 0 Å². The minimum absolute atomic E-state index is 0.0927. The van der Waals surface area contributed by atoms with Gasteiger partial charge in [-0.05, 0) is 30.5 Å². The van der Waals surface area contributed by atoms with Gasteiger partial charge in [0.15, 0.2) is 5.78 Å². The quantitative estimate of drug-likeness (QED) is 0.761. The molecule has 0 radical (unpaired) electrons. The van der Waals surface area contributed by atoms with Crippen molar-refractivity contribution < 1.29 is 9.59 Å². The van der Waals surface area contributed by atoms with Gasteiger partial charge in [-0.2, -0.15) is 0 Å². The fourth-order valence-electron chi connectivity index (χ4n) is 2.02. The molecule has 0 saturated carbocycles. The number of ketones is 1. The molecule has 1 aliphatic rings. The van der Waals surface area contributed by atoms with Gasteiger partial charge >= 0.3 is 0 Å². The molecule has 0 aliphatic heterocycles. The Bertz CT molecular complexity index is 549. The predicted octanol–water partition coefficient (Wildman–Crippen LogP) is 1.69. The Kier molecular flexibility index (Phi) is 3.78. The first-order chi connectivity index (χ1) is 8.66. The van der Waals surface area contributed by atoms with Crippen LogP contribution < -0.4 is 5.32 Å². The van der Waals surface area contributed by atoms with Gasteiger partial charge in [0.05, 0.1) is 6.54 Å². The number of hydrogen-bond acceptors (Lipinski definition) is 2. The van der Waals surface area contributed by atoms with Crippen LogP contribution in [0.25, 0.3) is 0 Å². The first-order valence-corrected chi connectivity index (χ1v) is 6.06. The van der Waals surface area contributed by atoms with Crippen molar-refractivity contribution in [1.29, 1.82) is 0 Å². The molecule has 0 fully saturated rings. The summed E-state index contributed by atoms with van der Waals surface area (Å²) in [5.41, 5.74) is 2.76. The molecule has 0 saturated heterocycles. The van der Waals surface area contributed by atoms with E-state index in [2.05, 4.69) is 17.2 Å². The Morgan fingerprint density at radius 1 is 1.39 bits per heavy atom. The van der Waals surface area contributed by atoms with Gasteiger partial charge in [0.25, 0.3) is 0 Å². The van der Waals surface area contributed by atoms with Gasteiger partial charge in [0, 0.05) is 24.5 Å². The van der Waals surface area contributed by atoms with Gasteiger partial charge in [-0.15, -0.1) is 0 Å². The van der Waals surface area contributed by atoms with Gasteiger partial charge < -0.3 is 5.32 Å². The zero-order chi connectivity index (χ0) is 13.0. The number of Topliss-reactive ketones (excluding diaryl/α,β-unsaturated/α-hetero) is 1. The molecule has 92 valence electrons. The monoisotopic (exact) mass is 241 g/mol. The number of carbonyl (C=O) groups is 2. The molecule has 3 nitrogen and oxygen atoms in total. The smallest absolute Gasteiger partial charge is 0.217 e. The third-order valence-corrected chi connectivity index (χ3v) is 2.92. The summed E-state index contributed by atoms with van der Waals surface area (Å²) in [5, 5.41) is 2.61. The van der Waals surface area contributed by atoms with Crippen molar-refractivity contribution in [3.63, 3.8) is 0 Å². The van der Waals surface area contributed by atoms with Crippen molar-refractivity contribution in [2.24, 2.45) is 0 Å². The Hall–Kier alpha value is -2.08. The maximum absolute atomic E-state index is 11.8. The molecular formula is C15H15NO2. The number of nitrogens with one attached hydrogen (secondary N) is 1. The summed E-state index contributed by atoms with van der Waals surface area (Å²) < 4.78 is 0. The summed E-state index contributed by atoms with van der Waals surface area (Å²) in [4.78, 5) is 22.4. The van der Waals surface area contributed by atoms with E-state index in [1.165, 1.54) is 6.92 Å². The van der Waals surface area contributed by atoms with Gasteiger partial charge in [-0.3, -0.25) is 9.59 Å². The fraction of sp³-hybridized carbons (Fsp3) is 0.333. The average molecular weight is 241 g/mol. The van der Waals surface area contributed by atoms with Gasteiger partial charge in [0.1, 0.15) is 0 Å². The van der Waals surface area contributed by atoms with Crippen LogP contribution in [0.4, 0.5) is 0 Å². The van der Waals surface area contributed by atoms with Crippen LogP contribution in [-0.2, 0) is 11.2 Å². The molecule has 18 heavy (non-hydrogen) atoms. The predicted molar refractivity (Wildman–Crippen MR) is 69.3 cm³/mol. The highest BCUT2D eigenvalue weighted by atomic mass is 16.1. The third-order valence-electron chi connectivity index (χ3n) is 2.92. The van der Waals surface area contributed by atoms with E-state index in [1.807, 2.05) is 18.2 Å². The molecular weight excluding hydrogens is 226 g/mol. The standard InChI is InChI=1S/C15H15NO2/c1-11(17)16-9-3-4-12-7-8-13-5-2-6-15(18)14(13)10-12/h7-8,10H,2,5-6,9H2,1H3,(H,16,17). The molecule has 1 amide bonds. The van der Waals surface area contributed by atoms with E-state index in [4.69, 9.17) is 0 Å². The Morgan fingerprint density at radius 3 is 3.00 bits per heavy atom. The fourth-order valence-corrected chi connectivity index (χ4v) is 2.02. The van der Waals surface area contributed by atoms with Gasteiger partial charge in [0.2, 0.25) is 5.91 Å². The largest absolute Gasteiger partial charge is 0.345 e. The van der Waals surface area contributed by atoms with Crippen molar-refractivity contribution in [3.8, 4) is 11.8 Å². The van der Waals surface area contributed by atoms with Crippen molar-refractivity contribution in [2.45, 2.75) is 26.2 Å². The van der Waals surface area contributed by atoms with E-state index >= 15 is 0 Å². The Balaban J connectivity index is 2.13. The van der Waals surface area contributed by atoms with E-state index in [-0.39, 0.29) is 11.7 Å². The molecule has 3 heteroatoms. The number of benzene rings is 1. The van der Waals surface area contributed by atoms with Crippen LogP contribution in [0.5, 0.6) is 0 Å². The SMILES string of the molecule is CC(=O)NCC#Cc1ccc2c(c1)C(=O)CCC2. The Morgan fingerprint density at radius 2 is 2.22 bits per heavy atom. The molecule has 0 atom stereocenters. The molecule has 0 heterocycles. The van der Waals surface area contributed by atoms with Gasteiger partial charge in [-0.25, -0.2) is 0 Å². The zero-order valence-electron chi connectivity index (χ0n) is 10.4. The lowest BCUT2D eigenvalue weighted by molar-refractivity contribution is -0.118. The maximum atomic E-state index is 11.8. The highest BCUT2D eigenvalue weighted by Gasteiger charge is 2.16. The second-order valence-corrected chi connectivity index (χ2v) is 4.36. The summed E-state index contributed by atoms with van der Waals surface area (Å²) in [5.74, 6) is 5.93. The van der Waals surface area contributed by atoms with Crippen LogP contribution in [0, 0.1) is 11.8 Å². The number of rotatable bonds is 1. The lowest BCUT2D eigenvalue weighted by Gasteiger charge is -2.14. The number of carbonyl (C=O) groups excluding carboxylic acids is 2. The van der Waals surface area contributed by atoms with Crippen molar-refractivity contribution in [1.82, 2.24) is 5.32 Å². The average Bonchev–Trinajstić information content (AvgIpc) is 2.35. The van der Waals surface area contributed by atoms with E-state index in [0.717, 1.165) is 29.5 Å². The first-order valence-electron chi connectivity index (χ1n) is 6.06. The molecule has 0 aromatic heterocycles. The molecule has 0 spiro atoms. The molecule has 1 aromatic carbocycles. The summed E-state index contributed by atoms with van der Waals surface area (Å²) in [6, 6.07) is 5.77. The van der Waals surface area contributed by atoms with Crippen LogP contribution in [0.15, 0.2) is 18.2 Å². The van der Waals surface area contributed by atoms with Crippen LogP contribution in [0.3, 0.4) is 0 Å². The van der Waals surface area contributed by atoms with E-state index in [1.54, 1.807) is 0 Å². The summed E-state index contributed by atoms with van der Waals surface area (Å²) in [6.45, 7) is 1.79. The van der Waals surface area contributed by atoms with Gasteiger partial charge in [-0.1, -0.05) is 17.9 Å².